The minimum atomic E-state index is -1.01. The average Bonchev–Trinajstić information content (AvgIpc) is 2.83. The van der Waals surface area contributed by atoms with Crippen molar-refractivity contribution in [2.24, 2.45) is 11.7 Å². The van der Waals surface area contributed by atoms with Crippen LogP contribution < -0.4 is 11.2 Å². The fourth-order valence-electron chi connectivity index (χ4n) is 4.46. The molecule has 4 aromatic rings. The Hall–Kier alpha value is -3.65. The molecule has 0 saturated heterocycles. The SMILES string of the molecule is CC1Cc2ccc(F)cc2C[C@@H]1c1ccc(F)c(F)c1Cl.NC(=O)c1nccc2[nH]ccc(=O)c12. The predicted molar refractivity (Wildman–Crippen MR) is 128 cm³/mol. The quantitative estimate of drug-likeness (QED) is 0.367. The number of carbonyl (C=O) groups is 1. The molecule has 1 aliphatic rings. The summed E-state index contributed by atoms with van der Waals surface area (Å²) < 4.78 is 40.3. The topological polar surface area (TPSA) is 88.8 Å². The third kappa shape index (κ3) is 4.93. The van der Waals surface area contributed by atoms with Gasteiger partial charge in [-0.05, 0) is 65.6 Å². The number of aromatic amines is 1. The zero-order valence-electron chi connectivity index (χ0n) is 18.6. The van der Waals surface area contributed by atoms with Gasteiger partial charge in [0.25, 0.3) is 5.91 Å². The van der Waals surface area contributed by atoms with Crippen LogP contribution in [0.3, 0.4) is 0 Å². The van der Waals surface area contributed by atoms with Crippen LogP contribution in [0.15, 0.2) is 59.7 Å². The van der Waals surface area contributed by atoms with Crippen molar-refractivity contribution in [1.82, 2.24) is 9.97 Å². The van der Waals surface area contributed by atoms with Crippen LogP contribution in [0.4, 0.5) is 13.2 Å². The number of halogens is 4. The molecule has 0 spiro atoms. The minimum Gasteiger partial charge on any atom is -0.364 e. The Kier molecular flexibility index (Phi) is 6.93. The molecule has 0 fully saturated rings. The van der Waals surface area contributed by atoms with Gasteiger partial charge in [-0.1, -0.05) is 30.7 Å². The predicted octanol–water partition coefficient (Wildman–Crippen LogP) is 5.30. The lowest BCUT2D eigenvalue weighted by Crippen LogP contribution is -2.22. The van der Waals surface area contributed by atoms with Crippen LogP contribution in [-0.4, -0.2) is 15.9 Å². The molecule has 0 bridgehead atoms. The number of aromatic nitrogens is 2. The van der Waals surface area contributed by atoms with Crippen LogP contribution in [0.25, 0.3) is 10.9 Å². The van der Waals surface area contributed by atoms with Crippen molar-refractivity contribution >= 4 is 28.4 Å². The number of benzene rings is 2. The number of pyridine rings is 2. The molecule has 5 rings (SSSR count). The van der Waals surface area contributed by atoms with Gasteiger partial charge in [0.2, 0.25) is 0 Å². The molecule has 0 aliphatic heterocycles. The molecule has 1 aliphatic carbocycles. The first-order chi connectivity index (χ1) is 16.7. The summed E-state index contributed by atoms with van der Waals surface area (Å²) >= 11 is 5.97. The summed E-state index contributed by atoms with van der Waals surface area (Å²) in [5.41, 5.74) is 8.01. The van der Waals surface area contributed by atoms with Crippen LogP contribution in [0.1, 0.15) is 40.0 Å². The lowest BCUT2D eigenvalue weighted by molar-refractivity contribution is 0.0997. The lowest BCUT2D eigenvalue weighted by atomic mass is 9.73. The lowest BCUT2D eigenvalue weighted by Gasteiger charge is -2.31. The summed E-state index contributed by atoms with van der Waals surface area (Å²) in [6, 6.07) is 10.3. The van der Waals surface area contributed by atoms with Gasteiger partial charge in [0.1, 0.15) is 11.5 Å². The molecule has 2 atom stereocenters. The Balaban J connectivity index is 0.000000179. The zero-order chi connectivity index (χ0) is 25.3. The van der Waals surface area contributed by atoms with Gasteiger partial charge in [-0.15, -0.1) is 0 Å². The van der Waals surface area contributed by atoms with Crippen molar-refractivity contribution in [2.75, 3.05) is 0 Å². The maximum absolute atomic E-state index is 13.7. The van der Waals surface area contributed by atoms with E-state index in [9.17, 15) is 22.8 Å². The number of carbonyl (C=O) groups excluding carboxylic acids is 1. The molecule has 2 aromatic carbocycles. The van der Waals surface area contributed by atoms with Crippen LogP contribution in [0, 0.1) is 23.4 Å². The molecular weight excluding hydrogens is 479 g/mol. The summed E-state index contributed by atoms with van der Waals surface area (Å²) in [5, 5.41) is 0.0780. The third-order valence-corrected chi connectivity index (χ3v) is 6.59. The van der Waals surface area contributed by atoms with E-state index in [0.717, 1.165) is 23.6 Å². The maximum atomic E-state index is 13.7. The second-order valence-electron chi connectivity index (χ2n) is 8.46. The first-order valence-corrected chi connectivity index (χ1v) is 11.2. The van der Waals surface area contributed by atoms with Crippen LogP contribution >= 0.6 is 11.6 Å². The number of nitrogens with two attached hydrogens (primary N) is 1. The van der Waals surface area contributed by atoms with E-state index < -0.39 is 17.5 Å². The molecule has 0 radical (unpaired) electrons. The summed E-state index contributed by atoms with van der Waals surface area (Å²) in [6.45, 7) is 2.05. The molecule has 2 aromatic heterocycles. The number of hydrogen-bond acceptors (Lipinski definition) is 3. The van der Waals surface area contributed by atoms with Gasteiger partial charge in [-0.2, -0.15) is 0 Å². The van der Waals surface area contributed by atoms with Gasteiger partial charge in [-0.3, -0.25) is 14.6 Å². The summed E-state index contributed by atoms with van der Waals surface area (Å²) in [5.74, 6) is -2.75. The number of hydrogen-bond donors (Lipinski definition) is 2. The summed E-state index contributed by atoms with van der Waals surface area (Å²) in [6.07, 6.45) is 4.29. The number of primary amides is 1. The molecule has 9 heteroatoms. The molecule has 1 unspecified atom stereocenters. The van der Waals surface area contributed by atoms with Crippen LogP contribution in [0.2, 0.25) is 5.02 Å². The van der Waals surface area contributed by atoms with Crippen molar-refractivity contribution in [3.05, 3.63) is 110 Å². The van der Waals surface area contributed by atoms with E-state index in [1.807, 2.05) is 0 Å². The first kappa shape index (κ1) is 24.5. The zero-order valence-corrected chi connectivity index (χ0v) is 19.4. The summed E-state index contributed by atoms with van der Waals surface area (Å²) in [7, 11) is 0. The monoisotopic (exact) mass is 499 g/mol. The highest BCUT2D eigenvalue weighted by Gasteiger charge is 2.29. The van der Waals surface area contributed by atoms with Crippen molar-refractivity contribution in [1.29, 1.82) is 0 Å². The van der Waals surface area contributed by atoms with E-state index in [2.05, 4.69) is 16.9 Å². The molecule has 35 heavy (non-hydrogen) atoms. The highest BCUT2D eigenvalue weighted by atomic mass is 35.5. The molecule has 5 nitrogen and oxygen atoms in total. The fourth-order valence-corrected chi connectivity index (χ4v) is 4.76. The number of nitrogens with one attached hydrogen (secondary N) is 1. The Morgan fingerprint density at radius 1 is 1.09 bits per heavy atom. The Morgan fingerprint density at radius 2 is 1.86 bits per heavy atom. The normalized spacial score (nSPS) is 16.8. The van der Waals surface area contributed by atoms with E-state index in [0.29, 0.717) is 17.5 Å². The minimum absolute atomic E-state index is 0.00403. The Morgan fingerprint density at radius 3 is 2.60 bits per heavy atom. The molecule has 2 heterocycles. The van der Waals surface area contributed by atoms with Gasteiger partial charge in [-0.25, -0.2) is 13.2 Å². The van der Waals surface area contributed by atoms with E-state index in [1.54, 1.807) is 12.1 Å². The van der Waals surface area contributed by atoms with Gasteiger partial charge < -0.3 is 10.7 Å². The van der Waals surface area contributed by atoms with E-state index in [-0.39, 0.29) is 39.2 Å². The van der Waals surface area contributed by atoms with E-state index in [4.69, 9.17) is 17.3 Å². The number of nitrogens with zero attached hydrogens (tertiary/aromatic N) is 1. The Labute approximate surface area is 203 Å². The highest BCUT2D eigenvalue weighted by Crippen LogP contribution is 2.40. The van der Waals surface area contributed by atoms with Crippen molar-refractivity contribution < 1.29 is 18.0 Å². The first-order valence-electron chi connectivity index (χ1n) is 10.8. The number of fused-ring (bicyclic) bond motifs is 2. The Bertz CT molecular complexity index is 1480. The molecular formula is C26H21ClF3N3O2. The van der Waals surface area contributed by atoms with Crippen LogP contribution in [-0.2, 0) is 12.8 Å². The average molecular weight is 500 g/mol. The highest BCUT2D eigenvalue weighted by molar-refractivity contribution is 6.31. The molecule has 180 valence electrons. The molecule has 3 N–H and O–H groups in total. The number of rotatable bonds is 2. The van der Waals surface area contributed by atoms with Gasteiger partial charge in [0, 0.05) is 18.5 Å². The van der Waals surface area contributed by atoms with Crippen molar-refractivity contribution in [3.8, 4) is 0 Å². The van der Waals surface area contributed by atoms with Gasteiger partial charge in [0.05, 0.1) is 15.9 Å². The molecule has 1 amide bonds. The third-order valence-electron chi connectivity index (χ3n) is 6.21. The largest absolute Gasteiger partial charge is 0.364 e. The number of amides is 1. The second kappa shape index (κ2) is 9.92. The van der Waals surface area contributed by atoms with Crippen molar-refractivity contribution in [2.45, 2.75) is 25.7 Å². The summed E-state index contributed by atoms with van der Waals surface area (Å²) in [4.78, 5) is 29.0. The van der Waals surface area contributed by atoms with E-state index >= 15 is 0 Å². The standard InChI is InChI=1S/C17H14ClF3.C9H7N3O2/c1-9-6-10-2-3-12(19)7-11(10)8-14(9)13-4-5-15(20)17(21)16(13)18;10-9(14)8-7-5(1-3-12-8)11-4-2-6(7)13/h2-5,7,9,14H,6,8H2,1H3;1-4H,(H2,10,14)(H,11,13)/t9?,14-;/m0./s1. The van der Waals surface area contributed by atoms with Gasteiger partial charge >= 0.3 is 0 Å². The van der Waals surface area contributed by atoms with Crippen LogP contribution in [0.5, 0.6) is 0 Å². The number of H-pyrrole nitrogens is 1. The fraction of sp³-hybridized carbons (Fsp3) is 0.192. The smallest absolute Gasteiger partial charge is 0.268 e. The molecule has 0 saturated carbocycles. The van der Waals surface area contributed by atoms with E-state index in [1.165, 1.54) is 36.7 Å². The van der Waals surface area contributed by atoms with Crippen molar-refractivity contribution in [3.63, 3.8) is 0 Å². The second-order valence-corrected chi connectivity index (χ2v) is 8.84. The van der Waals surface area contributed by atoms with Gasteiger partial charge in [0.15, 0.2) is 17.1 Å². The maximum Gasteiger partial charge on any atom is 0.268 e.